The van der Waals surface area contributed by atoms with Gasteiger partial charge in [0.2, 0.25) is 0 Å². The zero-order valence-corrected chi connectivity index (χ0v) is 15.5. The van der Waals surface area contributed by atoms with Crippen LogP contribution in [-0.2, 0) is 11.3 Å². The molecule has 0 N–H and O–H groups in total. The lowest BCUT2D eigenvalue weighted by molar-refractivity contribution is 0.0700. The summed E-state index contributed by atoms with van der Waals surface area (Å²) in [6, 6.07) is 6.31. The van der Waals surface area contributed by atoms with Crippen molar-refractivity contribution in [1.82, 2.24) is 19.1 Å². The molecular weight excluding hydrogens is 344 g/mol. The minimum Gasteiger partial charge on any atom is -0.493 e. The maximum Gasteiger partial charge on any atom is 0.172 e. The summed E-state index contributed by atoms with van der Waals surface area (Å²) in [5.41, 5.74) is 0.941. The first kappa shape index (κ1) is 17.6. The number of hydrogen-bond donors (Lipinski definition) is 0. The zero-order valence-electron chi connectivity index (χ0n) is 15.5. The normalized spacial score (nSPS) is 15.0. The number of ether oxygens (including phenoxy) is 3. The Bertz CT molecular complexity index is 854. The van der Waals surface area contributed by atoms with E-state index in [0.29, 0.717) is 24.9 Å². The fourth-order valence-electron chi connectivity index (χ4n) is 3.45. The van der Waals surface area contributed by atoms with Crippen LogP contribution < -0.4 is 9.47 Å². The topological polar surface area (TPSA) is 63.3 Å². The van der Waals surface area contributed by atoms with Crippen molar-refractivity contribution in [2.75, 3.05) is 26.9 Å². The summed E-state index contributed by atoms with van der Waals surface area (Å²) in [6.07, 6.45) is 11.3. The van der Waals surface area contributed by atoms with E-state index in [1.54, 1.807) is 19.6 Å². The van der Waals surface area contributed by atoms with Gasteiger partial charge in [-0.25, -0.2) is 9.97 Å². The van der Waals surface area contributed by atoms with E-state index in [-0.39, 0.29) is 0 Å². The quantitative estimate of drug-likeness (QED) is 0.641. The molecule has 2 aromatic heterocycles. The van der Waals surface area contributed by atoms with Gasteiger partial charge in [-0.15, -0.1) is 0 Å². The lowest BCUT2D eigenvalue weighted by Crippen LogP contribution is -2.20. The van der Waals surface area contributed by atoms with E-state index in [1.807, 2.05) is 41.4 Å². The summed E-state index contributed by atoms with van der Waals surface area (Å²) in [7, 11) is 1.66. The van der Waals surface area contributed by atoms with Gasteiger partial charge in [0.1, 0.15) is 12.4 Å². The maximum absolute atomic E-state index is 6.15. The fourth-order valence-corrected chi connectivity index (χ4v) is 3.45. The van der Waals surface area contributed by atoms with Gasteiger partial charge in [0.05, 0.1) is 25.5 Å². The SMILES string of the molecule is COc1cccc(-c2nccn2C2CCOCC2)c1OCCn1ccnc1. The molecule has 1 aromatic carbocycles. The van der Waals surface area contributed by atoms with Crippen molar-refractivity contribution < 1.29 is 14.2 Å². The summed E-state index contributed by atoms with van der Waals surface area (Å²) >= 11 is 0. The van der Waals surface area contributed by atoms with Crippen LogP contribution in [0.25, 0.3) is 11.4 Å². The van der Waals surface area contributed by atoms with Gasteiger partial charge in [-0.05, 0) is 25.0 Å². The highest BCUT2D eigenvalue weighted by Crippen LogP contribution is 2.39. The van der Waals surface area contributed by atoms with Gasteiger partial charge in [0, 0.05) is 44.0 Å². The number of methoxy groups -OCH3 is 1. The van der Waals surface area contributed by atoms with E-state index in [2.05, 4.69) is 14.5 Å². The number of para-hydroxylation sites is 1. The van der Waals surface area contributed by atoms with Crippen molar-refractivity contribution in [2.45, 2.75) is 25.4 Å². The Morgan fingerprint density at radius 2 is 2.07 bits per heavy atom. The first-order chi connectivity index (χ1) is 13.4. The summed E-state index contributed by atoms with van der Waals surface area (Å²) in [5, 5.41) is 0. The first-order valence-electron chi connectivity index (χ1n) is 9.23. The van der Waals surface area contributed by atoms with Crippen LogP contribution in [0.4, 0.5) is 0 Å². The molecule has 4 rings (SSSR count). The Labute approximate surface area is 158 Å². The molecule has 0 saturated carbocycles. The number of rotatable bonds is 7. The smallest absolute Gasteiger partial charge is 0.172 e. The highest BCUT2D eigenvalue weighted by atomic mass is 16.5. The van der Waals surface area contributed by atoms with Crippen molar-refractivity contribution >= 4 is 0 Å². The highest BCUT2D eigenvalue weighted by Gasteiger charge is 2.22. The largest absolute Gasteiger partial charge is 0.493 e. The second-order valence-corrected chi connectivity index (χ2v) is 6.49. The Hall–Kier alpha value is -2.80. The molecule has 0 unspecified atom stereocenters. The minimum atomic E-state index is 0.390. The van der Waals surface area contributed by atoms with Crippen molar-refractivity contribution in [1.29, 1.82) is 0 Å². The number of aromatic nitrogens is 4. The van der Waals surface area contributed by atoms with Gasteiger partial charge in [-0.2, -0.15) is 0 Å². The van der Waals surface area contributed by atoms with Crippen LogP contribution in [0.2, 0.25) is 0 Å². The third-order valence-electron chi connectivity index (χ3n) is 4.85. The molecule has 142 valence electrons. The van der Waals surface area contributed by atoms with Crippen LogP contribution in [0.15, 0.2) is 49.3 Å². The summed E-state index contributed by atoms with van der Waals surface area (Å²) in [5.74, 6) is 2.33. The molecule has 1 fully saturated rings. The van der Waals surface area contributed by atoms with Gasteiger partial charge < -0.3 is 23.3 Å². The maximum atomic E-state index is 6.15. The molecule has 7 heteroatoms. The zero-order chi connectivity index (χ0) is 18.5. The fraction of sp³-hybridized carbons (Fsp3) is 0.400. The molecule has 0 spiro atoms. The van der Waals surface area contributed by atoms with Crippen molar-refractivity contribution in [3.05, 3.63) is 49.3 Å². The monoisotopic (exact) mass is 368 g/mol. The molecule has 27 heavy (non-hydrogen) atoms. The van der Waals surface area contributed by atoms with E-state index in [0.717, 1.165) is 43.2 Å². The molecule has 0 radical (unpaired) electrons. The second kappa shape index (κ2) is 8.26. The molecule has 0 amide bonds. The Morgan fingerprint density at radius 3 is 2.85 bits per heavy atom. The van der Waals surface area contributed by atoms with E-state index in [1.165, 1.54) is 0 Å². The summed E-state index contributed by atoms with van der Waals surface area (Å²) in [6.45, 7) is 2.80. The number of imidazole rings is 2. The van der Waals surface area contributed by atoms with Gasteiger partial charge in [0.25, 0.3) is 0 Å². The third kappa shape index (κ3) is 3.83. The number of nitrogens with zero attached hydrogens (tertiary/aromatic N) is 4. The average Bonchev–Trinajstić information content (AvgIpc) is 3.41. The Morgan fingerprint density at radius 1 is 1.19 bits per heavy atom. The van der Waals surface area contributed by atoms with Crippen LogP contribution in [0.1, 0.15) is 18.9 Å². The molecule has 1 saturated heterocycles. The molecule has 1 aliphatic heterocycles. The summed E-state index contributed by atoms with van der Waals surface area (Å²) in [4.78, 5) is 8.69. The van der Waals surface area contributed by atoms with E-state index in [4.69, 9.17) is 14.2 Å². The molecule has 0 aliphatic carbocycles. The van der Waals surface area contributed by atoms with E-state index < -0.39 is 0 Å². The van der Waals surface area contributed by atoms with Gasteiger partial charge in [-0.3, -0.25) is 0 Å². The second-order valence-electron chi connectivity index (χ2n) is 6.49. The van der Waals surface area contributed by atoms with Gasteiger partial charge in [0.15, 0.2) is 11.5 Å². The first-order valence-corrected chi connectivity index (χ1v) is 9.23. The lowest BCUT2D eigenvalue weighted by Gasteiger charge is -2.25. The van der Waals surface area contributed by atoms with Crippen molar-refractivity contribution in [3.8, 4) is 22.9 Å². The molecule has 7 nitrogen and oxygen atoms in total. The standard InChI is InChI=1S/C20H24N4O3/c1-25-18-4-2-3-17(19(18)27-14-11-23-9-7-21-15-23)20-22-8-10-24(20)16-5-12-26-13-6-16/h2-4,7-10,15-16H,5-6,11-14H2,1H3. The predicted octanol–water partition coefficient (Wildman–Crippen LogP) is 3.19. The Balaban J connectivity index is 1.61. The van der Waals surface area contributed by atoms with Crippen molar-refractivity contribution in [2.24, 2.45) is 0 Å². The van der Waals surface area contributed by atoms with Crippen LogP contribution in [-0.4, -0.2) is 46.0 Å². The highest BCUT2D eigenvalue weighted by molar-refractivity contribution is 5.69. The van der Waals surface area contributed by atoms with Crippen LogP contribution in [0, 0.1) is 0 Å². The summed E-state index contributed by atoms with van der Waals surface area (Å²) < 4.78 is 21.4. The molecule has 0 bridgehead atoms. The molecule has 3 heterocycles. The van der Waals surface area contributed by atoms with E-state index in [9.17, 15) is 0 Å². The van der Waals surface area contributed by atoms with E-state index >= 15 is 0 Å². The number of benzene rings is 1. The number of hydrogen-bond acceptors (Lipinski definition) is 5. The average molecular weight is 368 g/mol. The third-order valence-corrected chi connectivity index (χ3v) is 4.85. The molecular formula is C20H24N4O3. The Kier molecular flexibility index (Phi) is 5.39. The predicted molar refractivity (Wildman–Crippen MR) is 101 cm³/mol. The van der Waals surface area contributed by atoms with Crippen molar-refractivity contribution in [3.63, 3.8) is 0 Å². The van der Waals surface area contributed by atoms with Crippen LogP contribution in [0.3, 0.4) is 0 Å². The van der Waals surface area contributed by atoms with Gasteiger partial charge in [-0.1, -0.05) is 6.07 Å². The molecule has 3 aromatic rings. The van der Waals surface area contributed by atoms with Crippen LogP contribution >= 0.6 is 0 Å². The molecule has 1 aliphatic rings. The molecule has 0 atom stereocenters. The van der Waals surface area contributed by atoms with Crippen LogP contribution in [0.5, 0.6) is 11.5 Å². The van der Waals surface area contributed by atoms with Gasteiger partial charge >= 0.3 is 0 Å². The lowest BCUT2D eigenvalue weighted by atomic mass is 10.1. The minimum absolute atomic E-state index is 0.390.